The van der Waals surface area contributed by atoms with Gasteiger partial charge in [0.1, 0.15) is 0 Å². The SMILES string of the molecule is CC(O)CO.N=C=O.N=C=O.c1ccc(Cc2ccccc2)cc1. The second-order valence-corrected chi connectivity index (χ2v) is 4.38. The zero-order valence-electron chi connectivity index (χ0n) is 13.5. The first-order valence-corrected chi connectivity index (χ1v) is 7.00. The van der Waals surface area contributed by atoms with Crippen LogP contribution in [0, 0.1) is 10.8 Å². The molecule has 128 valence electrons. The first-order valence-electron chi connectivity index (χ1n) is 7.00. The van der Waals surface area contributed by atoms with E-state index in [1.165, 1.54) is 18.1 Å². The maximum atomic E-state index is 8.35. The predicted molar refractivity (Wildman–Crippen MR) is 91.3 cm³/mol. The summed E-state index contributed by atoms with van der Waals surface area (Å²) in [7, 11) is 0. The van der Waals surface area contributed by atoms with Crippen molar-refractivity contribution in [3.05, 3.63) is 71.8 Å². The Bertz CT molecular complexity index is 525. The van der Waals surface area contributed by atoms with Crippen LogP contribution in [0.3, 0.4) is 0 Å². The molecule has 1 unspecified atom stereocenters. The molecule has 0 bridgehead atoms. The van der Waals surface area contributed by atoms with Crippen molar-refractivity contribution in [3.8, 4) is 0 Å². The number of nitrogens with one attached hydrogen (secondary N) is 2. The average Bonchev–Trinajstić information content (AvgIpc) is 2.59. The Morgan fingerprint density at radius 2 is 1.12 bits per heavy atom. The summed E-state index contributed by atoms with van der Waals surface area (Å²) in [6, 6.07) is 21.1. The van der Waals surface area contributed by atoms with E-state index in [0.717, 1.165) is 18.6 Å². The number of aliphatic hydroxyl groups is 2. The summed E-state index contributed by atoms with van der Waals surface area (Å²) in [6.07, 6.45) is 1.97. The molecular weight excluding hydrogens is 308 g/mol. The molecule has 0 radical (unpaired) electrons. The van der Waals surface area contributed by atoms with Gasteiger partial charge in [-0.2, -0.15) is 0 Å². The van der Waals surface area contributed by atoms with Gasteiger partial charge >= 0.3 is 0 Å². The third-order valence-corrected chi connectivity index (χ3v) is 2.36. The van der Waals surface area contributed by atoms with Gasteiger partial charge in [-0.25, -0.2) is 20.4 Å². The molecule has 0 aliphatic carbocycles. The molecule has 0 heterocycles. The molecule has 2 aromatic rings. The molecule has 0 aliphatic rings. The van der Waals surface area contributed by atoms with Gasteiger partial charge in [-0.05, 0) is 24.5 Å². The highest BCUT2D eigenvalue weighted by Gasteiger charge is 1.92. The summed E-state index contributed by atoms with van der Waals surface area (Å²) >= 11 is 0. The molecule has 0 aliphatic heterocycles. The van der Waals surface area contributed by atoms with E-state index in [1.54, 1.807) is 0 Å². The van der Waals surface area contributed by atoms with Gasteiger partial charge in [0.2, 0.25) is 12.2 Å². The molecule has 24 heavy (non-hydrogen) atoms. The number of benzene rings is 2. The minimum atomic E-state index is -0.560. The largest absolute Gasteiger partial charge is 0.394 e. The summed E-state index contributed by atoms with van der Waals surface area (Å²) < 4.78 is 0. The van der Waals surface area contributed by atoms with Crippen molar-refractivity contribution in [1.82, 2.24) is 0 Å². The van der Waals surface area contributed by atoms with E-state index in [9.17, 15) is 0 Å². The molecule has 6 nitrogen and oxygen atoms in total. The van der Waals surface area contributed by atoms with Crippen molar-refractivity contribution < 1.29 is 19.8 Å². The Morgan fingerprint density at radius 1 is 0.875 bits per heavy atom. The van der Waals surface area contributed by atoms with E-state index in [2.05, 4.69) is 60.7 Å². The van der Waals surface area contributed by atoms with Crippen LogP contribution < -0.4 is 0 Å². The van der Waals surface area contributed by atoms with E-state index in [-0.39, 0.29) is 6.61 Å². The molecule has 0 saturated heterocycles. The number of hydrogen-bond donors (Lipinski definition) is 4. The highest BCUT2D eigenvalue weighted by atomic mass is 16.3. The van der Waals surface area contributed by atoms with Crippen molar-refractivity contribution in [2.75, 3.05) is 6.61 Å². The van der Waals surface area contributed by atoms with E-state index in [4.69, 9.17) is 30.6 Å². The van der Waals surface area contributed by atoms with Crippen LogP contribution in [0.4, 0.5) is 0 Å². The maximum absolute atomic E-state index is 8.35. The summed E-state index contributed by atoms with van der Waals surface area (Å²) in [5, 5.41) is 26.8. The third-order valence-electron chi connectivity index (χ3n) is 2.36. The number of isocyanates is 2. The van der Waals surface area contributed by atoms with Gasteiger partial charge in [0.05, 0.1) is 12.7 Å². The first-order chi connectivity index (χ1) is 11.5. The molecule has 2 aromatic carbocycles. The average molecular weight is 330 g/mol. The van der Waals surface area contributed by atoms with Gasteiger partial charge in [-0.15, -0.1) is 0 Å². The molecule has 6 heteroatoms. The molecule has 0 fully saturated rings. The molecule has 0 amide bonds. The van der Waals surface area contributed by atoms with Crippen LogP contribution in [0.2, 0.25) is 0 Å². The Kier molecular flexibility index (Phi) is 17.7. The number of rotatable bonds is 3. The minimum Gasteiger partial charge on any atom is -0.394 e. The summed E-state index contributed by atoms with van der Waals surface area (Å²) in [6.45, 7) is 1.39. The predicted octanol–water partition coefficient (Wildman–Crippen LogP) is 2.44. The minimum absolute atomic E-state index is 0.139. The second-order valence-electron chi connectivity index (χ2n) is 4.38. The lowest BCUT2D eigenvalue weighted by molar-refractivity contribution is 0.110. The fraction of sp³-hybridized carbons (Fsp3) is 0.222. The molecular formula is C18H22N2O4. The number of hydrogen-bond acceptors (Lipinski definition) is 6. The fourth-order valence-electron chi connectivity index (χ4n) is 1.43. The topological polar surface area (TPSA) is 122 Å². The van der Waals surface area contributed by atoms with Crippen molar-refractivity contribution in [3.63, 3.8) is 0 Å². The van der Waals surface area contributed by atoms with Gasteiger partial charge < -0.3 is 10.2 Å². The fourth-order valence-corrected chi connectivity index (χ4v) is 1.43. The molecule has 2 rings (SSSR count). The lowest BCUT2D eigenvalue weighted by atomic mass is 10.1. The lowest BCUT2D eigenvalue weighted by Gasteiger charge is -2.00. The van der Waals surface area contributed by atoms with E-state index >= 15 is 0 Å². The smallest absolute Gasteiger partial charge is 0.231 e. The van der Waals surface area contributed by atoms with Crippen LogP contribution in [0.15, 0.2) is 60.7 Å². The van der Waals surface area contributed by atoms with Gasteiger partial charge in [0.15, 0.2) is 0 Å². The maximum Gasteiger partial charge on any atom is 0.231 e. The van der Waals surface area contributed by atoms with Crippen LogP contribution >= 0.6 is 0 Å². The molecule has 0 spiro atoms. The third kappa shape index (κ3) is 17.2. The lowest BCUT2D eigenvalue weighted by Crippen LogP contribution is -2.03. The van der Waals surface area contributed by atoms with Crippen LogP contribution in [0.25, 0.3) is 0 Å². The van der Waals surface area contributed by atoms with Crippen molar-refractivity contribution in [2.24, 2.45) is 0 Å². The van der Waals surface area contributed by atoms with Crippen molar-refractivity contribution in [2.45, 2.75) is 19.4 Å². The van der Waals surface area contributed by atoms with E-state index < -0.39 is 6.10 Å². The van der Waals surface area contributed by atoms with Crippen molar-refractivity contribution >= 4 is 12.2 Å². The van der Waals surface area contributed by atoms with Crippen LogP contribution in [0.5, 0.6) is 0 Å². The van der Waals surface area contributed by atoms with Gasteiger partial charge in [-0.3, -0.25) is 0 Å². The van der Waals surface area contributed by atoms with Crippen LogP contribution in [0.1, 0.15) is 18.1 Å². The van der Waals surface area contributed by atoms with Gasteiger partial charge in [0.25, 0.3) is 0 Å². The summed E-state index contributed by atoms with van der Waals surface area (Å²) in [5.41, 5.74) is 2.74. The van der Waals surface area contributed by atoms with Gasteiger partial charge in [0, 0.05) is 0 Å². The highest BCUT2D eigenvalue weighted by Crippen LogP contribution is 2.07. The zero-order valence-corrected chi connectivity index (χ0v) is 13.5. The Balaban J connectivity index is 0. The standard InChI is InChI=1S/C13H12.C3H8O2.2CHNO/c1-3-7-12(8-4-1)11-13-9-5-2-6-10-13;1-3(5)2-4;2*2-1-3/h1-10H,11H2;3-5H,2H2,1H3;2*2H. The van der Waals surface area contributed by atoms with Crippen LogP contribution in [-0.4, -0.2) is 35.1 Å². The molecule has 1 atom stereocenters. The molecule has 0 saturated carbocycles. The Labute approximate surface area is 141 Å². The van der Waals surface area contributed by atoms with E-state index in [0.29, 0.717) is 0 Å². The number of carbonyl (C=O) groups excluding carboxylic acids is 2. The van der Waals surface area contributed by atoms with E-state index in [1.807, 2.05) is 0 Å². The van der Waals surface area contributed by atoms with Crippen LogP contribution in [-0.2, 0) is 16.0 Å². The molecule has 0 aromatic heterocycles. The first kappa shape index (κ1) is 23.4. The normalized spacial score (nSPS) is 9.12. The second kappa shape index (κ2) is 18.2. The Hall–Kier alpha value is -2.88. The monoisotopic (exact) mass is 330 g/mol. The number of aliphatic hydroxyl groups excluding tert-OH is 2. The quantitative estimate of drug-likeness (QED) is 0.510. The highest BCUT2D eigenvalue weighted by molar-refractivity contribution is 5.26. The van der Waals surface area contributed by atoms with Crippen molar-refractivity contribution in [1.29, 1.82) is 10.8 Å². The zero-order chi connectivity index (χ0) is 18.6. The summed E-state index contributed by atoms with van der Waals surface area (Å²) in [5.74, 6) is 0. The molecule has 4 N–H and O–H groups in total. The summed E-state index contributed by atoms with van der Waals surface area (Å²) in [4.78, 5) is 16.7. The van der Waals surface area contributed by atoms with Gasteiger partial charge in [-0.1, -0.05) is 60.7 Å². The Morgan fingerprint density at radius 3 is 1.33 bits per heavy atom.